The van der Waals surface area contributed by atoms with E-state index in [4.69, 9.17) is 0 Å². The number of carbonyl (C=O) groups excluding carboxylic acids is 1. The lowest BCUT2D eigenvalue weighted by molar-refractivity contribution is -0.116. The van der Waals surface area contributed by atoms with Crippen molar-refractivity contribution in [1.82, 2.24) is 14.9 Å². The molecule has 1 aromatic heterocycles. The quantitative estimate of drug-likeness (QED) is 0.891. The molecule has 3 rings (SSSR count). The Kier molecular flexibility index (Phi) is 4.53. The molecule has 22 heavy (non-hydrogen) atoms. The number of aryl methyl sites for hydroxylation is 1. The summed E-state index contributed by atoms with van der Waals surface area (Å²) < 4.78 is 2.31. The van der Waals surface area contributed by atoms with Crippen LogP contribution in [0.25, 0.3) is 11.4 Å². The van der Waals surface area contributed by atoms with E-state index in [9.17, 15) is 4.79 Å². The predicted octanol–water partition coefficient (Wildman–Crippen LogP) is 2.43. The topological polar surface area (TPSA) is 59.0 Å². The monoisotopic (exact) mass is 298 g/mol. The van der Waals surface area contributed by atoms with Crippen molar-refractivity contribution in [3.8, 4) is 11.4 Å². The van der Waals surface area contributed by atoms with Crippen molar-refractivity contribution < 1.29 is 4.79 Å². The largest absolute Gasteiger partial charge is 0.328 e. The fraction of sp³-hybridized carbons (Fsp3) is 0.412. The van der Waals surface area contributed by atoms with Gasteiger partial charge in [-0.2, -0.15) is 0 Å². The van der Waals surface area contributed by atoms with Gasteiger partial charge in [-0.15, -0.1) is 0 Å². The third-order valence-electron chi connectivity index (χ3n) is 4.03. The molecule has 1 aliphatic heterocycles. The zero-order valence-corrected chi connectivity index (χ0v) is 12.9. The SMILES string of the molecule is CNCCC(=O)Nc1ccc(-c2ncc3n2CCCC3)cc1. The number of nitrogens with one attached hydrogen (secondary N) is 2. The van der Waals surface area contributed by atoms with E-state index in [1.54, 1.807) is 0 Å². The van der Waals surface area contributed by atoms with Gasteiger partial charge in [0.05, 0.1) is 0 Å². The minimum atomic E-state index is 0.0280. The van der Waals surface area contributed by atoms with Gasteiger partial charge in [0.15, 0.2) is 0 Å². The van der Waals surface area contributed by atoms with Crippen LogP contribution in [0.15, 0.2) is 30.5 Å². The first-order valence-electron chi connectivity index (χ1n) is 7.87. The number of hydrogen-bond acceptors (Lipinski definition) is 3. The average molecular weight is 298 g/mol. The maximum Gasteiger partial charge on any atom is 0.225 e. The maximum absolute atomic E-state index is 11.7. The fourth-order valence-corrected chi connectivity index (χ4v) is 2.83. The van der Waals surface area contributed by atoms with Gasteiger partial charge in [-0.1, -0.05) is 0 Å². The number of amides is 1. The van der Waals surface area contributed by atoms with Gasteiger partial charge in [0.1, 0.15) is 5.82 Å². The number of benzene rings is 1. The molecule has 0 aliphatic carbocycles. The number of fused-ring (bicyclic) bond motifs is 1. The molecule has 0 radical (unpaired) electrons. The van der Waals surface area contributed by atoms with E-state index in [0.29, 0.717) is 13.0 Å². The van der Waals surface area contributed by atoms with E-state index in [0.717, 1.165) is 30.0 Å². The number of aromatic nitrogens is 2. The summed E-state index contributed by atoms with van der Waals surface area (Å²) in [7, 11) is 1.84. The molecule has 5 heteroatoms. The van der Waals surface area contributed by atoms with E-state index >= 15 is 0 Å². The zero-order chi connectivity index (χ0) is 15.4. The van der Waals surface area contributed by atoms with Crippen molar-refractivity contribution in [3.63, 3.8) is 0 Å². The van der Waals surface area contributed by atoms with E-state index in [1.807, 2.05) is 37.5 Å². The molecule has 116 valence electrons. The number of carbonyl (C=O) groups is 1. The van der Waals surface area contributed by atoms with Crippen molar-refractivity contribution in [2.24, 2.45) is 0 Å². The summed E-state index contributed by atoms with van der Waals surface area (Å²) in [6, 6.07) is 7.93. The summed E-state index contributed by atoms with van der Waals surface area (Å²) >= 11 is 0. The van der Waals surface area contributed by atoms with Crippen LogP contribution in [0.2, 0.25) is 0 Å². The smallest absolute Gasteiger partial charge is 0.225 e. The molecule has 1 aliphatic rings. The Hall–Kier alpha value is -2.14. The van der Waals surface area contributed by atoms with Crippen LogP contribution in [-0.2, 0) is 17.8 Å². The highest BCUT2D eigenvalue weighted by atomic mass is 16.1. The van der Waals surface area contributed by atoms with Crippen molar-refractivity contribution in [2.75, 3.05) is 18.9 Å². The molecule has 2 aromatic rings. The van der Waals surface area contributed by atoms with Crippen LogP contribution in [0.4, 0.5) is 5.69 Å². The minimum absolute atomic E-state index is 0.0280. The molecule has 0 unspecified atom stereocenters. The molecular weight excluding hydrogens is 276 g/mol. The van der Waals surface area contributed by atoms with Crippen LogP contribution in [0.5, 0.6) is 0 Å². The van der Waals surface area contributed by atoms with Crippen LogP contribution >= 0.6 is 0 Å². The Balaban J connectivity index is 1.72. The lowest BCUT2D eigenvalue weighted by Crippen LogP contribution is -2.18. The zero-order valence-electron chi connectivity index (χ0n) is 12.9. The van der Waals surface area contributed by atoms with Crippen LogP contribution in [0.1, 0.15) is 25.0 Å². The Morgan fingerprint density at radius 1 is 1.27 bits per heavy atom. The summed E-state index contributed by atoms with van der Waals surface area (Å²) in [5.74, 6) is 1.06. The minimum Gasteiger partial charge on any atom is -0.328 e. The van der Waals surface area contributed by atoms with Gasteiger partial charge in [-0.05, 0) is 50.6 Å². The fourth-order valence-electron chi connectivity index (χ4n) is 2.83. The Labute approximate surface area is 130 Å². The second-order valence-electron chi connectivity index (χ2n) is 5.66. The Morgan fingerprint density at radius 3 is 2.86 bits per heavy atom. The summed E-state index contributed by atoms with van der Waals surface area (Å²) in [6.07, 6.45) is 6.05. The number of imidazole rings is 1. The highest BCUT2D eigenvalue weighted by Gasteiger charge is 2.15. The molecule has 5 nitrogen and oxygen atoms in total. The van der Waals surface area contributed by atoms with E-state index < -0.39 is 0 Å². The number of hydrogen-bond donors (Lipinski definition) is 2. The molecular formula is C17H22N4O. The first-order chi connectivity index (χ1) is 10.8. The van der Waals surface area contributed by atoms with Gasteiger partial charge in [-0.25, -0.2) is 4.98 Å². The summed E-state index contributed by atoms with van der Waals surface area (Å²) in [4.78, 5) is 16.3. The second-order valence-corrected chi connectivity index (χ2v) is 5.66. The molecule has 0 bridgehead atoms. The lowest BCUT2D eigenvalue weighted by atomic mass is 10.1. The normalized spacial score (nSPS) is 13.7. The molecule has 2 heterocycles. The van der Waals surface area contributed by atoms with Crippen molar-refractivity contribution in [2.45, 2.75) is 32.2 Å². The number of nitrogens with zero attached hydrogens (tertiary/aromatic N) is 2. The molecule has 0 fully saturated rings. The molecule has 0 saturated carbocycles. The second kappa shape index (κ2) is 6.75. The van der Waals surface area contributed by atoms with Crippen molar-refractivity contribution >= 4 is 11.6 Å². The van der Waals surface area contributed by atoms with Gasteiger partial charge in [0, 0.05) is 42.7 Å². The van der Waals surface area contributed by atoms with Gasteiger partial charge >= 0.3 is 0 Å². The van der Waals surface area contributed by atoms with Crippen LogP contribution in [0, 0.1) is 0 Å². The average Bonchev–Trinajstić information content (AvgIpc) is 2.98. The van der Waals surface area contributed by atoms with Gasteiger partial charge in [0.25, 0.3) is 0 Å². The first kappa shape index (κ1) is 14.8. The van der Waals surface area contributed by atoms with Crippen molar-refractivity contribution in [1.29, 1.82) is 0 Å². The standard InChI is InChI=1S/C17H22N4O/c1-18-10-9-16(22)20-14-7-5-13(6-8-14)17-19-12-15-4-2-3-11-21(15)17/h5-8,12,18H,2-4,9-11H2,1H3,(H,20,22). The predicted molar refractivity (Wildman–Crippen MR) is 87.8 cm³/mol. The molecule has 1 amide bonds. The highest BCUT2D eigenvalue weighted by molar-refractivity contribution is 5.91. The maximum atomic E-state index is 11.7. The van der Waals surface area contributed by atoms with E-state index in [2.05, 4.69) is 20.2 Å². The van der Waals surface area contributed by atoms with Crippen LogP contribution < -0.4 is 10.6 Å². The number of anilines is 1. The third kappa shape index (κ3) is 3.20. The van der Waals surface area contributed by atoms with E-state index in [1.165, 1.54) is 18.5 Å². The van der Waals surface area contributed by atoms with Crippen LogP contribution in [-0.4, -0.2) is 29.1 Å². The van der Waals surface area contributed by atoms with E-state index in [-0.39, 0.29) is 5.91 Å². The van der Waals surface area contributed by atoms with Crippen molar-refractivity contribution in [3.05, 3.63) is 36.2 Å². The summed E-state index contributed by atoms with van der Waals surface area (Å²) in [5, 5.41) is 5.87. The highest BCUT2D eigenvalue weighted by Crippen LogP contribution is 2.25. The first-order valence-corrected chi connectivity index (χ1v) is 7.87. The summed E-state index contributed by atoms with van der Waals surface area (Å²) in [5.41, 5.74) is 3.25. The van der Waals surface area contributed by atoms with Gasteiger partial charge in [-0.3, -0.25) is 4.79 Å². The lowest BCUT2D eigenvalue weighted by Gasteiger charge is -2.16. The Morgan fingerprint density at radius 2 is 2.09 bits per heavy atom. The van der Waals surface area contributed by atoms with Gasteiger partial charge < -0.3 is 15.2 Å². The molecule has 0 saturated heterocycles. The van der Waals surface area contributed by atoms with Crippen LogP contribution in [0.3, 0.4) is 0 Å². The number of rotatable bonds is 5. The molecule has 1 aromatic carbocycles. The van der Waals surface area contributed by atoms with Gasteiger partial charge in [0.2, 0.25) is 5.91 Å². The molecule has 0 spiro atoms. The Bertz CT molecular complexity index is 645. The third-order valence-corrected chi connectivity index (χ3v) is 4.03. The molecule has 2 N–H and O–H groups in total. The molecule has 0 atom stereocenters. The summed E-state index contributed by atoms with van der Waals surface area (Å²) in [6.45, 7) is 1.73.